The average Bonchev–Trinajstić information content (AvgIpc) is 2.77. The molecule has 152 valence electrons. The molecule has 3 aromatic rings. The molecule has 0 fully saturated rings. The van der Waals surface area contributed by atoms with E-state index in [1.165, 1.54) is 0 Å². The summed E-state index contributed by atoms with van der Waals surface area (Å²) in [4.78, 5) is 12.7. The maximum absolute atomic E-state index is 12.7. The highest BCUT2D eigenvalue weighted by molar-refractivity contribution is 6.30. The molecule has 2 atom stereocenters. The molecule has 2 unspecified atom stereocenters. The van der Waals surface area contributed by atoms with Crippen molar-refractivity contribution >= 4 is 17.6 Å². The van der Waals surface area contributed by atoms with E-state index in [0.717, 1.165) is 5.56 Å². The largest absolute Gasteiger partial charge is 0.457 e. The van der Waals surface area contributed by atoms with Gasteiger partial charge in [0.15, 0.2) is 0 Å². The van der Waals surface area contributed by atoms with Crippen LogP contribution < -0.4 is 4.74 Å². The third kappa shape index (κ3) is 5.85. The predicted octanol–water partition coefficient (Wildman–Crippen LogP) is 6.51. The minimum Gasteiger partial charge on any atom is -0.457 e. The van der Waals surface area contributed by atoms with Gasteiger partial charge in [0.05, 0.1) is 5.92 Å². The minimum atomic E-state index is -1.00. The summed E-state index contributed by atoms with van der Waals surface area (Å²) < 4.78 is 11.4. The summed E-state index contributed by atoms with van der Waals surface area (Å²) in [6.45, 7) is 1.93. The lowest BCUT2D eigenvalue weighted by Gasteiger charge is -2.18. The van der Waals surface area contributed by atoms with Crippen LogP contribution in [0.4, 0.5) is 0 Å². The van der Waals surface area contributed by atoms with E-state index in [1.807, 2.05) is 49.4 Å². The van der Waals surface area contributed by atoms with Crippen molar-refractivity contribution in [1.29, 1.82) is 5.26 Å². The number of nitrogens with zero attached hydrogens (tertiary/aromatic N) is 1. The maximum Gasteiger partial charge on any atom is 0.310 e. The van der Waals surface area contributed by atoms with Gasteiger partial charge in [0.2, 0.25) is 6.10 Å². The molecule has 0 aliphatic heterocycles. The second-order valence-corrected chi connectivity index (χ2v) is 7.31. The van der Waals surface area contributed by atoms with Crippen LogP contribution in [-0.2, 0) is 16.0 Å². The highest BCUT2D eigenvalue weighted by atomic mass is 35.5. The Morgan fingerprint density at radius 3 is 2.37 bits per heavy atom. The molecule has 5 heteroatoms. The number of benzene rings is 3. The van der Waals surface area contributed by atoms with E-state index in [-0.39, 0.29) is 5.92 Å². The molecule has 0 spiro atoms. The van der Waals surface area contributed by atoms with Gasteiger partial charge in [0, 0.05) is 10.6 Å². The lowest BCUT2D eigenvalue weighted by molar-refractivity contribution is -0.152. The van der Waals surface area contributed by atoms with Crippen LogP contribution in [0.1, 0.15) is 30.6 Å². The van der Waals surface area contributed by atoms with Crippen LogP contribution in [-0.4, -0.2) is 5.97 Å². The van der Waals surface area contributed by atoms with Gasteiger partial charge < -0.3 is 9.47 Å². The van der Waals surface area contributed by atoms with Gasteiger partial charge in [-0.05, 0) is 54.8 Å². The van der Waals surface area contributed by atoms with Gasteiger partial charge in [-0.3, -0.25) is 4.79 Å². The van der Waals surface area contributed by atoms with E-state index in [9.17, 15) is 10.1 Å². The van der Waals surface area contributed by atoms with Crippen molar-refractivity contribution in [3.8, 4) is 17.6 Å². The third-order valence-corrected chi connectivity index (χ3v) is 4.96. The molecule has 0 amide bonds. The first-order valence-electron chi connectivity index (χ1n) is 9.76. The molecule has 0 aliphatic carbocycles. The van der Waals surface area contributed by atoms with Gasteiger partial charge in [-0.2, -0.15) is 5.26 Å². The fourth-order valence-electron chi connectivity index (χ4n) is 3.05. The molecule has 0 saturated carbocycles. The smallest absolute Gasteiger partial charge is 0.310 e. The highest BCUT2D eigenvalue weighted by Gasteiger charge is 2.24. The Kier molecular flexibility index (Phi) is 7.48. The van der Waals surface area contributed by atoms with Gasteiger partial charge in [-0.15, -0.1) is 0 Å². The van der Waals surface area contributed by atoms with E-state index in [1.54, 1.807) is 36.4 Å². The SMILES string of the molecule is CCC(Cc1ccc(Cl)cc1)C(=O)OC(C#N)c1cccc(Oc2ccccc2)c1. The molecule has 0 aromatic heterocycles. The Bertz CT molecular complexity index is 1010. The fraction of sp³-hybridized carbons (Fsp3) is 0.200. The normalized spacial score (nSPS) is 12.4. The summed E-state index contributed by atoms with van der Waals surface area (Å²) in [7, 11) is 0. The summed E-state index contributed by atoms with van der Waals surface area (Å²) in [5, 5.41) is 10.3. The lowest BCUT2D eigenvalue weighted by Crippen LogP contribution is -2.21. The molecule has 3 rings (SSSR count). The number of nitriles is 1. The maximum atomic E-state index is 12.7. The number of esters is 1. The van der Waals surface area contributed by atoms with E-state index in [0.29, 0.717) is 34.9 Å². The molecule has 0 saturated heterocycles. The Balaban J connectivity index is 1.69. The van der Waals surface area contributed by atoms with Crippen LogP contribution in [0, 0.1) is 17.2 Å². The third-order valence-electron chi connectivity index (χ3n) is 4.71. The van der Waals surface area contributed by atoms with Crippen LogP contribution in [0.2, 0.25) is 5.02 Å². The van der Waals surface area contributed by atoms with E-state index in [2.05, 4.69) is 6.07 Å². The van der Waals surface area contributed by atoms with E-state index >= 15 is 0 Å². The Hall–Kier alpha value is -3.29. The molecule has 0 aliphatic rings. The first kappa shape index (κ1) is 21.4. The van der Waals surface area contributed by atoms with Gasteiger partial charge in [-0.1, -0.05) is 61.0 Å². The number of hydrogen-bond donors (Lipinski definition) is 0. The van der Waals surface area contributed by atoms with Crippen molar-refractivity contribution in [3.05, 3.63) is 95.0 Å². The summed E-state index contributed by atoms with van der Waals surface area (Å²) in [5.41, 5.74) is 1.57. The van der Waals surface area contributed by atoms with Gasteiger partial charge in [0.25, 0.3) is 0 Å². The molecule has 3 aromatic carbocycles. The van der Waals surface area contributed by atoms with Crippen LogP contribution in [0.25, 0.3) is 0 Å². The van der Waals surface area contributed by atoms with Gasteiger partial charge in [-0.25, -0.2) is 0 Å². The highest BCUT2D eigenvalue weighted by Crippen LogP contribution is 2.27. The standard InChI is InChI=1S/C25H22ClNO3/c1-2-19(15-18-11-13-21(26)14-12-18)25(28)30-24(17-27)20-7-6-10-23(16-20)29-22-8-4-3-5-9-22/h3-14,16,19,24H,2,15H2,1H3. The van der Waals surface area contributed by atoms with Crippen LogP contribution in [0.15, 0.2) is 78.9 Å². The summed E-state index contributed by atoms with van der Waals surface area (Å²) in [6, 6.07) is 25.8. The van der Waals surface area contributed by atoms with Crippen molar-refractivity contribution in [1.82, 2.24) is 0 Å². The quantitative estimate of drug-likeness (QED) is 0.390. The van der Waals surface area contributed by atoms with E-state index in [4.69, 9.17) is 21.1 Å². The fourth-order valence-corrected chi connectivity index (χ4v) is 3.17. The van der Waals surface area contributed by atoms with Crippen LogP contribution in [0.3, 0.4) is 0 Å². The number of hydrogen-bond acceptors (Lipinski definition) is 4. The Morgan fingerprint density at radius 2 is 1.70 bits per heavy atom. The number of ether oxygens (including phenoxy) is 2. The number of carbonyl (C=O) groups is 1. The second kappa shape index (κ2) is 10.5. The first-order chi connectivity index (χ1) is 14.6. The average molecular weight is 420 g/mol. The molecular formula is C25H22ClNO3. The van der Waals surface area contributed by atoms with Crippen molar-refractivity contribution in [2.24, 2.45) is 5.92 Å². The number of halogens is 1. The first-order valence-corrected chi connectivity index (χ1v) is 10.1. The Labute approximate surface area is 181 Å². The number of para-hydroxylation sites is 1. The summed E-state index contributed by atoms with van der Waals surface area (Å²) in [6.07, 6.45) is 0.134. The summed E-state index contributed by atoms with van der Waals surface area (Å²) in [5.74, 6) is 0.525. The molecule has 4 nitrogen and oxygen atoms in total. The van der Waals surface area contributed by atoms with Gasteiger partial charge >= 0.3 is 5.97 Å². The summed E-state index contributed by atoms with van der Waals surface area (Å²) >= 11 is 5.93. The van der Waals surface area contributed by atoms with Crippen molar-refractivity contribution in [2.45, 2.75) is 25.9 Å². The molecular weight excluding hydrogens is 398 g/mol. The molecule has 0 bridgehead atoms. The van der Waals surface area contributed by atoms with Crippen LogP contribution >= 0.6 is 11.6 Å². The van der Waals surface area contributed by atoms with Crippen LogP contribution in [0.5, 0.6) is 11.5 Å². The van der Waals surface area contributed by atoms with Crippen molar-refractivity contribution in [2.75, 3.05) is 0 Å². The molecule has 30 heavy (non-hydrogen) atoms. The van der Waals surface area contributed by atoms with Crippen molar-refractivity contribution < 1.29 is 14.3 Å². The zero-order valence-electron chi connectivity index (χ0n) is 16.6. The zero-order valence-corrected chi connectivity index (χ0v) is 17.4. The monoisotopic (exact) mass is 419 g/mol. The number of rotatable bonds is 8. The molecule has 0 radical (unpaired) electrons. The number of carbonyl (C=O) groups excluding carboxylic acids is 1. The van der Waals surface area contributed by atoms with Crippen molar-refractivity contribution in [3.63, 3.8) is 0 Å². The predicted molar refractivity (Wildman–Crippen MR) is 116 cm³/mol. The van der Waals surface area contributed by atoms with E-state index < -0.39 is 12.1 Å². The topological polar surface area (TPSA) is 59.3 Å². The lowest BCUT2D eigenvalue weighted by atomic mass is 9.97. The van der Waals surface area contributed by atoms with Gasteiger partial charge in [0.1, 0.15) is 17.6 Å². The molecule has 0 heterocycles. The molecule has 0 N–H and O–H groups in total. The minimum absolute atomic E-state index is 0.342. The zero-order chi connectivity index (χ0) is 21.3. The Morgan fingerprint density at radius 1 is 1.00 bits per heavy atom. The second-order valence-electron chi connectivity index (χ2n) is 6.87.